The van der Waals surface area contributed by atoms with Crippen molar-refractivity contribution in [2.45, 2.75) is 11.9 Å². The van der Waals surface area contributed by atoms with Gasteiger partial charge in [0.1, 0.15) is 13.2 Å². The summed E-state index contributed by atoms with van der Waals surface area (Å²) >= 11 is 13.2. The highest BCUT2D eigenvalue weighted by molar-refractivity contribution is 7.99. The van der Waals surface area contributed by atoms with Crippen molar-refractivity contribution in [3.8, 4) is 11.5 Å². The van der Waals surface area contributed by atoms with E-state index in [2.05, 4.69) is 5.32 Å². The number of para-hydroxylation sites is 1. The first-order chi connectivity index (χ1) is 13.3. The molecule has 0 atom stereocenters. The van der Waals surface area contributed by atoms with Crippen LogP contribution < -0.4 is 14.8 Å². The number of carbonyl (C=O) groups excluding carboxylic acids is 1. The fourth-order valence-electron chi connectivity index (χ4n) is 2.57. The van der Waals surface area contributed by atoms with Gasteiger partial charge in [-0.25, -0.2) is 0 Å². The van der Waals surface area contributed by atoms with Crippen molar-refractivity contribution in [3.05, 3.63) is 51.5 Å². The summed E-state index contributed by atoms with van der Waals surface area (Å²) in [6, 6.07) is 6.81. The highest BCUT2D eigenvalue weighted by atomic mass is 35.5. The molecule has 2 aromatic carbocycles. The van der Waals surface area contributed by atoms with Crippen LogP contribution in [0.25, 0.3) is 0 Å². The largest absolute Gasteiger partial charge is 0.486 e. The third-order valence-corrected chi connectivity index (χ3v) is 5.34. The van der Waals surface area contributed by atoms with Crippen LogP contribution in [0.4, 0.5) is 18.9 Å². The lowest BCUT2D eigenvalue weighted by atomic mass is 10.1. The van der Waals surface area contributed by atoms with Crippen LogP contribution in [-0.2, 0) is 16.7 Å². The molecule has 0 radical (unpaired) electrons. The molecule has 2 aromatic rings. The Kier molecular flexibility index (Phi) is 6.52. The number of hydrogen-bond acceptors (Lipinski definition) is 4. The van der Waals surface area contributed by atoms with Crippen LogP contribution in [0.3, 0.4) is 0 Å². The van der Waals surface area contributed by atoms with Crippen molar-refractivity contribution < 1.29 is 27.4 Å². The van der Waals surface area contributed by atoms with E-state index < -0.39 is 23.3 Å². The maximum Gasteiger partial charge on any atom is 0.418 e. The first kappa shape index (κ1) is 21.0. The summed E-state index contributed by atoms with van der Waals surface area (Å²) in [4.78, 5) is 12.1. The van der Waals surface area contributed by atoms with Crippen LogP contribution in [0.5, 0.6) is 11.5 Å². The number of fused-ring (bicyclic) bond motifs is 1. The predicted octanol–water partition coefficient (Wildman–Crippen LogP) is 5.66. The molecule has 4 nitrogen and oxygen atoms in total. The lowest BCUT2D eigenvalue weighted by Crippen LogP contribution is -2.18. The summed E-state index contributed by atoms with van der Waals surface area (Å²) in [5.41, 5.74) is -0.623. The van der Waals surface area contributed by atoms with Gasteiger partial charge in [-0.1, -0.05) is 29.3 Å². The smallest absolute Gasteiger partial charge is 0.418 e. The van der Waals surface area contributed by atoms with Crippen LogP contribution in [-0.4, -0.2) is 24.9 Å². The molecule has 0 fully saturated rings. The van der Waals surface area contributed by atoms with Gasteiger partial charge in [0.15, 0.2) is 11.5 Å². The molecule has 1 amide bonds. The van der Waals surface area contributed by atoms with Gasteiger partial charge in [-0.05, 0) is 29.8 Å². The number of amides is 1. The Morgan fingerprint density at radius 1 is 1.14 bits per heavy atom. The molecule has 0 unspecified atom stereocenters. The standard InChI is InChI=1S/C18H14Cl2F3NO3S/c19-12-3-1-2-11(18(21,22)23)16(12)24-15(25)9-28-8-10-6-13(20)17-14(7-10)26-4-5-27-17/h1-3,6-7H,4-5,8-9H2,(H,24,25). The monoisotopic (exact) mass is 451 g/mol. The van der Waals surface area contributed by atoms with Gasteiger partial charge in [-0.2, -0.15) is 13.2 Å². The molecular formula is C18H14Cl2F3NO3S. The molecule has 3 rings (SSSR count). The second-order valence-corrected chi connectivity index (χ2v) is 7.60. The second kappa shape index (κ2) is 8.71. The zero-order chi connectivity index (χ0) is 20.3. The number of nitrogens with one attached hydrogen (secondary N) is 1. The number of hydrogen-bond donors (Lipinski definition) is 1. The minimum Gasteiger partial charge on any atom is -0.486 e. The topological polar surface area (TPSA) is 47.6 Å². The molecule has 28 heavy (non-hydrogen) atoms. The molecule has 0 saturated carbocycles. The SMILES string of the molecule is O=C(CSCc1cc(Cl)c2c(c1)OCCO2)Nc1c(Cl)cccc1C(F)(F)F. The molecule has 0 spiro atoms. The van der Waals surface area contributed by atoms with E-state index in [0.29, 0.717) is 35.5 Å². The Balaban J connectivity index is 1.61. The summed E-state index contributed by atoms with van der Waals surface area (Å²) in [6.07, 6.45) is -4.62. The van der Waals surface area contributed by atoms with Crippen LogP contribution in [0.15, 0.2) is 30.3 Å². The van der Waals surface area contributed by atoms with E-state index >= 15 is 0 Å². The molecule has 0 bridgehead atoms. The first-order valence-electron chi connectivity index (χ1n) is 8.07. The molecule has 0 aromatic heterocycles. The molecule has 1 aliphatic heterocycles. The minimum absolute atomic E-state index is 0.0609. The third-order valence-electron chi connectivity index (χ3n) is 3.74. The number of carbonyl (C=O) groups is 1. The average molecular weight is 452 g/mol. The normalized spacial score (nSPS) is 13.3. The van der Waals surface area contributed by atoms with Gasteiger partial charge in [0.05, 0.1) is 27.0 Å². The predicted molar refractivity (Wildman–Crippen MR) is 104 cm³/mol. The van der Waals surface area contributed by atoms with E-state index in [1.54, 1.807) is 12.1 Å². The summed E-state index contributed by atoms with van der Waals surface area (Å²) in [7, 11) is 0. The molecule has 1 N–H and O–H groups in total. The third kappa shape index (κ3) is 4.98. The minimum atomic E-state index is -4.62. The zero-order valence-corrected chi connectivity index (χ0v) is 16.6. The van der Waals surface area contributed by atoms with Crippen molar-refractivity contribution in [2.24, 2.45) is 0 Å². The van der Waals surface area contributed by atoms with Gasteiger partial charge in [0.25, 0.3) is 0 Å². The maximum atomic E-state index is 13.1. The molecule has 0 aliphatic carbocycles. The van der Waals surface area contributed by atoms with E-state index in [0.717, 1.165) is 11.6 Å². The quantitative estimate of drug-likeness (QED) is 0.637. The van der Waals surface area contributed by atoms with Gasteiger partial charge in [-0.3, -0.25) is 4.79 Å². The van der Waals surface area contributed by atoms with Gasteiger partial charge in [0.2, 0.25) is 5.91 Å². The van der Waals surface area contributed by atoms with E-state index in [-0.39, 0.29) is 10.8 Å². The number of anilines is 1. The Morgan fingerprint density at radius 3 is 2.64 bits per heavy atom. The van der Waals surface area contributed by atoms with E-state index in [4.69, 9.17) is 32.7 Å². The highest BCUT2D eigenvalue weighted by Gasteiger charge is 2.34. The van der Waals surface area contributed by atoms with Crippen molar-refractivity contribution >= 4 is 46.6 Å². The lowest BCUT2D eigenvalue weighted by molar-refractivity contribution is -0.137. The fourth-order valence-corrected chi connectivity index (χ4v) is 3.84. The summed E-state index contributed by atoms with van der Waals surface area (Å²) in [5, 5.41) is 2.48. The van der Waals surface area contributed by atoms with E-state index in [1.807, 2.05) is 0 Å². The first-order valence-corrected chi connectivity index (χ1v) is 9.98. The Morgan fingerprint density at radius 2 is 1.89 bits per heavy atom. The lowest BCUT2D eigenvalue weighted by Gasteiger charge is -2.20. The van der Waals surface area contributed by atoms with Gasteiger partial charge < -0.3 is 14.8 Å². The summed E-state index contributed by atoms with van der Waals surface area (Å²) in [5.74, 6) is 0.780. The number of rotatable bonds is 5. The van der Waals surface area contributed by atoms with Gasteiger partial charge in [-0.15, -0.1) is 11.8 Å². The van der Waals surface area contributed by atoms with E-state index in [1.165, 1.54) is 23.9 Å². The van der Waals surface area contributed by atoms with Crippen LogP contribution in [0.1, 0.15) is 11.1 Å². The molecule has 150 valence electrons. The Hall–Kier alpha value is -1.77. The van der Waals surface area contributed by atoms with E-state index in [9.17, 15) is 18.0 Å². The summed E-state index contributed by atoms with van der Waals surface area (Å²) < 4.78 is 50.2. The number of benzene rings is 2. The summed E-state index contributed by atoms with van der Waals surface area (Å²) in [6.45, 7) is 0.838. The van der Waals surface area contributed by atoms with Crippen LogP contribution in [0, 0.1) is 0 Å². The molecule has 1 aliphatic rings. The van der Waals surface area contributed by atoms with Crippen LogP contribution in [0.2, 0.25) is 10.0 Å². The number of alkyl halides is 3. The number of ether oxygens (including phenoxy) is 2. The van der Waals surface area contributed by atoms with Gasteiger partial charge >= 0.3 is 6.18 Å². The fraction of sp³-hybridized carbons (Fsp3) is 0.278. The number of halogens is 5. The average Bonchev–Trinajstić information content (AvgIpc) is 2.62. The molecule has 1 heterocycles. The molecular weight excluding hydrogens is 438 g/mol. The van der Waals surface area contributed by atoms with Crippen molar-refractivity contribution in [1.82, 2.24) is 0 Å². The molecule has 10 heteroatoms. The Bertz CT molecular complexity index is 893. The van der Waals surface area contributed by atoms with Crippen molar-refractivity contribution in [2.75, 3.05) is 24.3 Å². The second-order valence-electron chi connectivity index (χ2n) is 5.80. The Labute approximate surface area is 173 Å². The maximum absolute atomic E-state index is 13.1. The molecule has 0 saturated heterocycles. The highest BCUT2D eigenvalue weighted by Crippen LogP contribution is 2.40. The zero-order valence-electron chi connectivity index (χ0n) is 14.2. The van der Waals surface area contributed by atoms with Crippen molar-refractivity contribution in [3.63, 3.8) is 0 Å². The number of thioether (sulfide) groups is 1. The van der Waals surface area contributed by atoms with Gasteiger partial charge in [0, 0.05) is 5.75 Å². The van der Waals surface area contributed by atoms with Crippen molar-refractivity contribution in [1.29, 1.82) is 0 Å². The van der Waals surface area contributed by atoms with Crippen LogP contribution >= 0.6 is 35.0 Å².